The third kappa shape index (κ3) is 2.60. The Hall–Kier alpha value is -0.0800. The van der Waals surface area contributed by atoms with E-state index in [9.17, 15) is 0 Å². The van der Waals surface area contributed by atoms with Crippen LogP contribution in [0.2, 0.25) is 0 Å². The molecule has 2 aliphatic rings. The second kappa shape index (κ2) is 5.50. The van der Waals surface area contributed by atoms with Gasteiger partial charge in [0.25, 0.3) is 0 Å². The molecule has 0 aromatic rings. The molecule has 0 spiro atoms. The Morgan fingerprint density at radius 3 is 2.81 bits per heavy atom. The van der Waals surface area contributed by atoms with Crippen LogP contribution in [0, 0.1) is 11.8 Å². The molecule has 1 saturated heterocycles. The first-order valence-electron chi connectivity index (χ1n) is 7.10. The summed E-state index contributed by atoms with van der Waals surface area (Å²) >= 11 is 0. The fourth-order valence-electron chi connectivity index (χ4n) is 3.24. The summed E-state index contributed by atoms with van der Waals surface area (Å²) in [4.78, 5) is 0. The van der Waals surface area contributed by atoms with Crippen molar-refractivity contribution >= 4 is 0 Å². The molecule has 1 saturated carbocycles. The van der Waals surface area contributed by atoms with Crippen molar-refractivity contribution in [1.82, 2.24) is 5.32 Å². The Labute approximate surface area is 100 Å². The van der Waals surface area contributed by atoms with E-state index in [1.165, 1.54) is 32.1 Å². The van der Waals surface area contributed by atoms with Crippen LogP contribution in [-0.2, 0) is 4.74 Å². The number of rotatable bonds is 4. The summed E-state index contributed by atoms with van der Waals surface area (Å²) in [5, 5.41) is 3.86. The Morgan fingerprint density at radius 1 is 1.25 bits per heavy atom. The average Bonchev–Trinajstić information content (AvgIpc) is 2.77. The molecule has 94 valence electrons. The van der Waals surface area contributed by atoms with Crippen molar-refractivity contribution in [2.24, 2.45) is 11.8 Å². The normalized spacial score (nSPS) is 38.1. The van der Waals surface area contributed by atoms with Gasteiger partial charge in [0.1, 0.15) is 0 Å². The fourth-order valence-corrected chi connectivity index (χ4v) is 3.24. The molecule has 1 aliphatic heterocycles. The Morgan fingerprint density at radius 2 is 2.06 bits per heavy atom. The van der Waals surface area contributed by atoms with Gasteiger partial charge >= 0.3 is 0 Å². The first-order valence-corrected chi connectivity index (χ1v) is 7.10. The van der Waals surface area contributed by atoms with E-state index in [4.69, 9.17) is 4.74 Å². The van der Waals surface area contributed by atoms with Crippen molar-refractivity contribution in [2.75, 3.05) is 6.61 Å². The molecule has 0 bridgehead atoms. The van der Waals surface area contributed by atoms with Gasteiger partial charge in [0, 0.05) is 24.6 Å². The minimum absolute atomic E-state index is 0.565. The molecule has 2 heteroatoms. The SMILES string of the molecule is CCC(C)C(C)NC1CCCC2OCCC12. The highest BCUT2D eigenvalue weighted by atomic mass is 16.5. The highest BCUT2D eigenvalue weighted by Gasteiger charge is 2.38. The van der Waals surface area contributed by atoms with Gasteiger partial charge in [-0.2, -0.15) is 0 Å². The van der Waals surface area contributed by atoms with Crippen molar-refractivity contribution in [3.63, 3.8) is 0 Å². The molecular formula is C14H27NO. The maximum Gasteiger partial charge on any atom is 0.0619 e. The summed E-state index contributed by atoms with van der Waals surface area (Å²) in [5.41, 5.74) is 0. The highest BCUT2D eigenvalue weighted by molar-refractivity contribution is 4.92. The molecule has 2 rings (SSSR count). The molecule has 1 N–H and O–H groups in total. The van der Waals surface area contributed by atoms with Gasteiger partial charge in [-0.1, -0.05) is 20.3 Å². The molecule has 0 aromatic carbocycles. The molecule has 0 amide bonds. The molecule has 1 aliphatic carbocycles. The van der Waals surface area contributed by atoms with Crippen LogP contribution in [0.25, 0.3) is 0 Å². The molecule has 16 heavy (non-hydrogen) atoms. The van der Waals surface area contributed by atoms with Gasteiger partial charge < -0.3 is 10.1 Å². The van der Waals surface area contributed by atoms with Gasteiger partial charge in [0.15, 0.2) is 0 Å². The summed E-state index contributed by atoms with van der Waals surface area (Å²) in [6, 6.07) is 1.36. The molecule has 0 radical (unpaired) electrons. The lowest BCUT2D eigenvalue weighted by atomic mass is 9.81. The zero-order chi connectivity index (χ0) is 11.5. The summed E-state index contributed by atoms with van der Waals surface area (Å²) < 4.78 is 5.82. The van der Waals surface area contributed by atoms with E-state index in [1.807, 2.05) is 0 Å². The summed E-state index contributed by atoms with van der Waals surface area (Å²) in [6.45, 7) is 7.97. The Kier molecular flexibility index (Phi) is 4.26. The molecule has 0 aromatic heterocycles. The van der Waals surface area contributed by atoms with Crippen LogP contribution in [0.3, 0.4) is 0 Å². The van der Waals surface area contributed by atoms with Crippen molar-refractivity contribution in [3.05, 3.63) is 0 Å². The Bertz CT molecular complexity index is 219. The van der Waals surface area contributed by atoms with E-state index >= 15 is 0 Å². The van der Waals surface area contributed by atoms with Gasteiger partial charge in [0.2, 0.25) is 0 Å². The molecule has 2 fully saturated rings. The predicted octanol–water partition coefficient (Wildman–Crippen LogP) is 2.97. The smallest absolute Gasteiger partial charge is 0.0619 e. The highest BCUT2D eigenvalue weighted by Crippen LogP contribution is 2.34. The lowest BCUT2D eigenvalue weighted by molar-refractivity contribution is 0.0500. The summed E-state index contributed by atoms with van der Waals surface area (Å²) in [6.07, 6.45) is 7.09. The molecule has 5 atom stereocenters. The molecule has 1 heterocycles. The van der Waals surface area contributed by atoms with Gasteiger partial charge in [-0.15, -0.1) is 0 Å². The fraction of sp³-hybridized carbons (Fsp3) is 1.00. The topological polar surface area (TPSA) is 21.3 Å². The minimum atomic E-state index is 0.565. The lowest BCUT2D eigenvalue weighted by Crippen LogP contribution is -2.48. The van der Waals surface area contributed by atoms with Crippen molar-refractivity contribution in [1.29, 1.82) is 0 Å². The summed E-state index contributed by atoms with van der Waals surface area (Å²) in [7, 11) is 0. The molecule has 5 unspecified atom stereocenters. The number of fused-ring (bicyclic) bond motifs is 1. The van der Waals surface area contributed by atoms with Gasteiger partial charge in [0.05, 0.1) is 6.10 Å². The van der Waals surface area contributed by atoms with E-state index in [-0.39, 0.29) is 0 Å². The van der Waals surface area contributed by atoms with Crippen molar-refractivity contribution < 1.29 is 4.74 Å². The van der Waals surface area contributed by atoms with E-state index in [0.717, 1.165) is 18.4 Å². The average molecular weight is 225 g/mol. The van der Waals surface area contributed by atoms with E-state index < -0.39 is 0 Å². The quantitative estimate of drug-likeness (QED) is 0.794. The number of nitrogens with one attached hydrogen (secondary N) is 1. The lowest BCUT2D eigenvalue weighted by Gasteiger charge is -2.36. The third-order valence-electron chi connectivity index (χ3n) is 4.76. The Balaban J connectivity index is 1.88. The van der Waals surface area contributed by atoms with Crippen LogP contribution < -0.4 is 5.32 Å². The first kappa shape index (κ1) is 12.4. The van der Waals surface area contributed by atoms with Crippen LogP contribution >= 0.6 is 0 Å². The zero-order valence-electron chi connectivity index (χ0n) is 11.0. The van der Waals surface area contributed by atoms with Crippen LogP contribution in [0.1, 0.15) is 52.9 Å². The maximum atomic E-state index is 5.82. The van der Waals surface area contributed by atoms with Crippen LogP contribution in [0.4, 0.5) is 0 Å². The number of hydrogen-bond acceptors (Lipinski definition) is 2. The minimum Gasteiger partial charge on any atom is -0.378 e. The van der Waals surface area contributed by atoms with Crippen molar-refractivity contribution in [2.45, 2.75) is 71.1 Å². The second-order valence-electron chi connectivity index (χ2n) is 5.74. The van der Waals surface area contributed by atoms with Crippen LogP contribution in [0.5, 0.6) is 0 Å². The van der Waals surface area contributed by atoms with E-state index in [0.29, 0.717) is 18.2 Å². The molecule has 2 nitrogen and oxygen atoms in total. The van der Waals surface area contributed by atoms with Gasteiger partial charge in [-0.25, -0.2) is 0 Å². The standard InChI is InChI=1S/C14H27NO/c1-4-10(2)11(3)15-13-6-5-7-14-12(13)8-9-16-14/h10-15H,4-9H2,1-3H3. The first-order chi connectivity index (χ1) is 7.72. The number of hydrogen-bond donors (Lipinski definition) is 1. The monoisotopic (exact) mass is 225 g/mol. The van der Waals surface area contributed by atoms with E-state index in [1.54, 1.807) is 0 Å². The predicted molar refractivity (Wildman–Crippen MR) is 67.5 cm³/mol. The largest absolute Gasteiger partial charge is 0.378 e. The summed E-state index contributed by atoms with van der Waals surface area (Å²) in [5.74, 6) is 1.57. The van der Waals surface area contributed by atoms with Crippen LogP contribution in [-0.4, -0.2) is 24.8 Å². The third-order valence-corrected chi connectivity index (χ3v) is 4.76. The van der Waals surface area contributed by atoms with Crippen molar-refractivity contribution in [3.8, 4) is 0 Å². The zero-order valence-corrected chi connectivity index (χ0v) is 11.0. The maximum absolute atomic E-state index is 5.82. The van der Waals surface area contributed by atoms with Crippen LogP contribution in [0.15, 0.2) is 0 Å². The number of ether oxygens (including phenoxy) is 1. The van der Waals surface area contributed by atoms with Gasteiger partial charge in [-0.3, -0.25) is 0 Å². The van der Waals surface area contributed by atoms with Gasteiger partial charge in [-0.05, 0) is 38.5 Å². The van der Waals surface area contributed by atoms with E-state index in [2.05, 4.69) is 26.1 Å². The molecular weight excluding hydrogens is 198 g/mol. The second-order valence-corrected chi connectivity index (χ2v) is 5.74.